The van der Waals surface area contributed by atoms with Gasteiger partial charge in [-0.2, -0.15) is 5.10 Å². The van der Waals surface area contributed by atoms with Gasteiger partial charge in [0, 0.05) is 17.2 Å². The normalized spacial score (nSPS) is 13.2. The van der Waals surface area contributed by atoms with Crippen molar-refractivity contribution < 1.29 is 9.18 Å². The lowest BCUT2D eigenvalue weighted by atomic mass is 10.2. The van der Waals surface area contributed by atoms with Crippen LogP contribution in [0.4, 0.5) is 9.52 Å². The fourth-order valence-electron chi connectivity index (χ4n) is 3.12. The Morgan fingerprint density at radius 3 is 2.81 bits per heavy atom. The SMILES string of the molecule is CC(C)c1nnc(NC(=O)c2nn(-c3ccccc3F)c3c2CCC3)s1. The maximum atomic E-state index is 14.2. The summed E-state index contributed by atoms with van der Waals surface area (Å²) < 4.78 is 15.8. The fraction of sp³-hybridized carbons (Fsp3) is 0.333. The van der Waals surface area contributed by atoms with Gasteiger partial charge in [0.15, 0.2) is 5.69 Å². The molecular formula is C18H18FN5OS. The number of nitrogens with zero attached hydrogens (tertiary/aromatic N) is 4. The van der Waals surface area contributed by atoms with Crippen molar-refractivity contribution in [2.24, 2.45) is 0 Å². The van der Waals surface area contributed by atoms with Crippen molar-refractivity contribution in [3.05, 3.63) is 52.0 Å². The van der Waals surface area contributed by atoms with E-state index in [1.54, 1.807) is 22.9 Å². The zero-order chi connectivity index (χ0) is 18.3. The zero-order valence-electron chi connectivity index (χ0n) is 14.5. The molecular weight excluding hydrogens is 353 g/mol. The molecule has 0 bridgehead atoms. The number of benzene rings is 1. The minimum atomic E-state index is -0.359. The predicted molar refractivity (Wildman–Crippen MR) is 97.5 cm³/mol. The van der Waals surface area contributed by atoms with Gasteiger partial charge in [-0.15, -0.1) is 10.2 Å². The van der Waals surface area contributed by atoms with Crippen molar-refractivity contribution in [2.75, 3.05) is 5.32 Å². The molecule has 1 aliphatic rings. The number of aromatic nitrogens is 4. The van der Waals surface area contributed by atoms with Crippen LogP contribution in [0.3, 0.4) is 0 Å². The van der Waals surface area contributed by atoms with E-state index < -0.39 is 0 Å². The van der Waals surface area contributed by atoms with E-state index in [0.717, 1.165) is 35.5 Å². The van der Waals surface area contributed by atoms with Gasteiger partial charge in [0.1, 0.15) is 16.5 Å². The van der Waals surface area contributed by atoms with Crippen LogP contribution in [0.15, 0.2) is 24.3 Å². The third kappa shape index (κ3) is 2.90. The van der Waals surface area contributed by atoms with Crippen LogP contribution in [0.25, 0.3) is 5.69 Å². The number of nitrogens with one attached hydrogen (secondary N) is 1. The second-order valence-electron chi connectivity index (χ2n) is 6.54. The molecule has 0 atom stereocenters. The van der Waals surface area contributed by atoms with Crippen LogP contribution in [0.5, 0.6) is 0 Å². The Balaban J connectivity index is 1.67. The first-order valence-electron chi connectivity index (χ1n) is 8.55. The molecule has 1 aromatic carbocycles. The van der Waals surface area contributed by atoms with Crippen molar-refractivity contribution in [3.63, 3.8) is 0 Å². The Bertz CT molecular complexity index is 978. The Hall–Kier alpha value is -2.61. The van der Waals surface area contributed by atoms with E-state index in [1.165, 1.54) is 17.4 Å². The molecule has 0 saturated heterocycles. The number of carbonyl (C=O) groups excluding carboxylic acids is 1. The van der Waals surface area contributed by atoms with Crippen molar-refractivity contribution in [2.45, 2.75) is 39.0 Å². The van der Waals surface area contributed by atoms with Crippen LogP contribution in [0.1, 0.15) is 52.9 Å². The molecule has 26 heavy (non-hydrogen) atoms. The maximum Gasteiger partial charge on any atom is 0.278 e. The average molecular weight is 371 g/mol. The van der Waals surface area contributed by atoms with Crippen LogP contribution in [-0.2, 0) is 12.8 Å². The third-order valence-corrected chi connectivity index (χ3v) is 5.52. The van der Waals surface area contributed by atoms with Gasteiger partial charge < -0.3 is 0 Å². The molecule has 8 heteroatoms. The number of halogens is 1. The molecule has 0 unspecified atom stereocenters. The monoisotopic (exact) mass is 371 g/mol. The highest BCUT2D eigenvalue weighted by atomic mass is 32.1. The molecule has 0 fully saturated rings. The molecule has 134 valence electrons. The fourth-order valence-corrected chi connectivity index (χ4v) is 3.86. The number of hydrogen-bond donors (Lipinski definition) is 1. The van der Waals surface area contributed by atoms with Crippen LogP contribution >= 0.6 is 11.3 Å². The quantitative estimate of drug-likeness (QED) is 0.758. The molecule has 0 spiro atoms. The molecule has 1 N–H and O–H groups in total. The number of rotatable bonds is 4. The second-order valence-corrected chi connectivity index (χ2v) is 7.55. The lowest BCUT2D eigenvalue weighted by Crippen LogP contribution is -2.15. The van der Waals surface area contributed by atoms with Gasteiger partial charge in [0.2, 0.25) is 5.13 Å². The van der Waals surface area contributed by atoms with Crippen LogP contribution < -0.4 is 5.32 Å². The van der Waals surface area contributed by atoms with Crippen LogP contribution in [-0.4, -0.2) is 25.9 Å². The zero-order valence-corrected chi connectivity index (χ0v) is 15.3. The molecule has 0 aliphatic heterocycles. The summed E-state index contributed by atoms with van der Waals surface area (Å²) in [6.07, 6.45) is 2.47. The van der Waals surface area contributed by atoms with E-state index in [4.69, 9.17) is 0 Å². The number of amides is 1. The third-order valence-electron chi connectivity index (χ3n) is 4.38. The minimum Gasteiger partial charge on any atom is -0.295 e. The predicted octanol–water partition coefficient (Wildman–Crippen LogP) is 3.73. The maximum absolute atomic E-state index is 14.2. The highest BCUT2D eigenvalue weighted by molar-refractivity contribution is 7.15. The van der Waals surface area contributed by atoms with E-state index in [2.05, 4.69) is 20.6 Å². The van der Waals surface area contributed by atoms with E-state index in [9.17, 15) is 9.18 Å². The largest absolute Gasteiger partial charge is 0.295 e. The first-order chi connectivity index (χ1) is 12.5. The Labute approximate surface area is 154 Å². The number of carbonyl (C=O) groups is 1. The van der Waals surface area contributed by atoms with Crippen molar-refractivity contribution in [1.82, 2.24) is 20.0 Å². The van der Waals surface area contributed by atoms with Gasteiger partial charge >= 0.3 is 0 Å². The van der Waals surface area contributed by atoms with E-state index >= 15 is 0 Å². The lowest BCUT2D eigenvalue weighted by Gasteiger charge is -2.06. The van der Waals surface area contributed by atoms with E-state index in [0.29, 0.717) is 16.5 Å². The van der Waals surface area contributed by atoms with E-state index in [-0.39, 0.29) is 17.6 Å². The molecule has 0 radical (unpaired) electrons. The van der Waals surface area contributed by atoms with Crippen LogP contribution in [0, 0.1) is 5.82 Å². The number of anilines is 1. The molecule has 1 aliphatic carbocycles. The van der Waals surface area contributed by atoms with Gasteiger partial charge in [0.25, 0.3) is 5.91 Å². The summed E-state index contributed by atoms with van der Waals surface area (Å²) in [5, 5.41) is 16.6. The van der Waals surface area contributed by atoms with Crippen LogP contribution in [0.2, 0.25) is 0 Å². The Morgan fingerprint density at radius 1 is 1.27 bits per heavy atom. The Morgan fingerprint density at radius 2 is 2.08 bits per heavy atom. The number of fused-ring (bicyclic) bond motifs is 1. The summed E-state index contributed by atoms with van der Waals surface area (Å²) in [6.45, 7) is 4.05. The topological polar surface area (TPSA) is 72.7 Å². The standard InChI is InChI=1S/C18H18FN5OS/c1-10(2)17-21-22-18(26-17)20-16(25)15-11-6-5-9-13(11)24(23-15)14-8-4-3-7-12(14)19/h3-4,7-8,10H,5-6,9H2,1-2H3,(H,20,22,25). The first kappa shape index (κ1) is 16.8. The second kappa shape index (κ2) is 6.60. The highest BCUT2D eigenvalue weighted by Crippen LogP contribution is 2.29. The molecule has 1 amide bonds. The minimum absolute atomic E-state index is 0.252. The molecule has 2 aromatic heterocycles. The molecule has 0 saturated carbocycles. The number of hydrogen-bond acceptors (Lipinski definition) is 5. The summed E-state index contributed by atoms with van der Waals surface area (Å²) in [6, 6.07) is 6.46. The van der Waals surface area contributed by atoms with Crippen molar-refractivity contribution in [1.29, 1.82) is 0 Å². The van der Waals surface area contributed by atoms with Crippen molar-refractivity contribution >= 4 is 22.4 Å². The summed E-state index contributed by atoms with van der Waals surface area (Å²) in [5.74, 6) is -0.435. The molecule has 6 nitrogen and oxygen atoms in total. The summed E-state index contributed by atoms with van der Waals surface area (Å²) >= 11 is 1.35. The molecule has 2 heterocycles. The van der Waals surface area contributed by atoms with E-state index in [1.807, 2.05) is 13.8 Å². The van der Waals surface area contributed by atoms with Gasteiger partial charge in [-0.05, 0) is 31.4 Å². The first-order valence-corrected chi connectivity index (χ1v) is 9.36. The Kier molecular flexibility index (Phi) is 4.28. The molecule has 3 aromatic rings. The highest BCUT2D eigenvalue weighted by Gasteiger charge is 2.28. The summed E-state index contributed by atoms with van der Waals surface area (Å²) in [5.41, 5.74) is 2.49. The van der Waals surface area contributed by atoms with Gasteiger partial charge in [-0.25, -0.2) is 9.07 Å². The summed E-state index contributed by atoms with van der Waals surface area (Å²) in [7, 11) is 0. The smallest absolute Gasteiger partial charge is 0.278 e. The lowest BCUT2D eigenvalue weighted by molar-refractivity contribution is 0.102. The van der Waals surface area contributed by atoms with Gasteiger partial charge in [0.05, 0.1) is 0 Å². The number of para-hydroxylation sites is 1. The van der Waals surface area contributed by atoms with Gasteiger partial charge in [-0.3, -0.25) is 10.1 Å². The molecule has 4 rings (SSSR count). The average Bonchev–Trinajstić information content (AvgIpc) is 3.31. The van der Waals surface area contributed by atoms with Gasteiger partial charge in [-0.1, -0.05) is 37.3 Å². The van der Waals surface area contributed by atoms with Crippen molar-refractivity contribution in [3.8, 4) is 5.69 Å². The summed E-state index contributed by atoms with van der Waals surface area (Å²) in [4.78, 5) is 12.7.